The average molecular weight is 544 g/mol. The van der Waals surface area contributed by atoms with Crippen LogP contribution in [0.2, 0.25) is 0 Å². The first-order chi connectivity index (χ1) is 19.9. The fourth-order valence-electron chi connectivity index (χ4n) is 9.12. The van der Waals surface area contributed by atoms with E-state index in [9.17, 15) is 14.4 Å². The van der Waals surface area contributed by atoms with Crippen molar-refractivity contribution in [1.82, 2.24) is 5.43 Å². The summed E-state index contributed by atoms with van der Waals surface area (Å²) in [6, 6.07) is 23.8. The van der Waals surface area contributed by atoms with Gasteiger partial charge in [-0.05, 0) is 65.5 Å². The van der Waals surface area contributed by atoms with E-state index in [-0.39, 0.29) is 35.0 Å². The fourth-order valence-corrected chi connectivity index (χ4v) is 9.12. The summed E-state index contributed by atoms with van der Waals surface area (Å²) < 4.78 is 0. The van der Waals surface area contributed by atoms with Gasteiger partial charge in [0, 0.05) is 18.1 Å². The highest BCUT2D eigenvalue weighted by Gasteiger charge is 2.68. The van der Waals surface area contributed by atoms with Crippen LogP contribution in [0.15, 0.2) is 77.9 Å². The SMILES string of the molecule is Cc1ccc(N2C(=O)[C@@H]3C4c5ccccc5C(/C=N\NC(=O)[C@@H]5[C@@H]6CCCC[C@]56C)(c5ccccc54)[C@@H]3C2=O)cc1. The van der Waals surface area contributed by atoms with Gasteiger partial charge in [-0.2, -0.15) is 5.10 Å². The molecular weight excluding hydrogens is 510 g/mol. The van der Waals surface area contributed by atoms with Crippen molar-refractivity contribution in [2.24, 2.45) is 34.2 Å². The Balaban J connectivity index is 1.25. The molecule has 206 valence electrons. The number of rotatable bonds is 4. The molecule has 6 heteroatoms. The van der Waals surface area contributed by atoms with E-state index >= 15 is 0 Å². The summed E-state index contributed by atoms with van der Waals surface area (Å²) in [4.78, 5) is 43.4. The second-order valence-electron chi connectivity index (χ2n) is 12.9. The van der Waals surface area contributed by atoms with Crippen molar-refractivity contribution in [2.45, 2.75) is 50.9 Å². The van der Waals surface area contributed by atoms with Gasteiger partial charge in [0.05, 0.1) is 22.9 Å². The number of nitrogens with one attached hydrogen (secondary N) is 1. The third kappa shape index (κ3) is 3.13. The summed E-state index contributed by atoms with van der Waals surface area (Å²) >= 11 is 0. The molecule has 2 bridgehead atoms. The molecule has 3 fully saturated rings. The van der Waals surface area contributed by atoms with E-state index in [1.807, 2.05) is 55.5 Å². The van der Waals surface area contributed by atoms with E-state index in [0.29, 0.717) is 11.6 Å². The van der Waals surface area contributed by atoms with E-state index in [1.165, 1.54) is 17.7 Å². The van der Waals surface area contributed by atoms with Gasteiger partial charge in [0.15, 0.2) is 0 Å². The lowest BCUT2D eigenvalue weighted by Gasteiger charge is -2.52. The van der Waals surface area contributed by atoms with Crippen LogP contribution < -0.4 is 10.3 Å². The average Bonchev–Trinajstić information content (AvgIpc) is 3.54. The number of imide groups is 1. The predicted molar refractivity (Wildman–Crippen MR) is 156 cm³/mol. The predicted octanol–water partition coefficient (Wildman–Crippen LogP) is 5.47. The molecule has 1 N–H and O–H groups in total. The Morgan fingerprint density at radius 1 is 0.927 bits per heavy atom. The van der Waals surface area contributed by atoms with Crippen LogP contribution in [0.5, 0.6) is 0 Å². The van der Waals surface area contributed by atoms with E-state index in [1.54, 1.807) is 6.21 Å². The first-order valence-electron chi connectivity index (χ1n) is 14.9. The largest absolute Gasteiger partial charge is 0.274 e. The van der Waals surface area contributed by atoms with Crippen LogP contribution in [0.4, 0.5) is 5.69 Å². The number of nitrogens with zero attached hydrogens (tertiary/aromatic N) is 2. The van der Waals surface area contributed by atoms with Crippen molar-refractivity contribution in [2.75, 3.05) is 4.90 Å². The topological polar surface area (TPSA) is 78.8 Å². The molecule has 1 saturated heterocycles. The van der Waals surface area contributed by atoms with Gasteiger partial charge < -0.3 is 0 Å². The number of aryl methyl sites for hydroxylation is 1. The van der Waals surface area contributed by atoms with Gasteiger partial charge in [-0.15, -0.1) is 0 Å². The standard InChI is InChI=1S/C35H33N3O3/c1-20-14-16-21(17-15-20)38-32(40)28-27-22-9-3-5-11-24(22)35(30(28)33(38)41,25-12-6-4-10-23(25)27)19-36-37-31(39)29-26-13-7-8-18-34(26,29)2/h3-6,9-12,14-17,19,26-30H,7-8,13,18H2,1-2H3,(H,37,39)/b36-19-/t26-,27?,28+,29-,30-,34-,35?/m0/s1. The number of benzene rings is 3. The number of carbonyl (C=O) groups is 3. The van der Waals surface area contributed by atoms with E-state index in [2.05, 4.69) is 41.7 Å². The summed E-state index contributed by atoms with van der Waals surface area (Å²) in [6.45, 7) is 4.22. The molecule has 3 aromatic rings. The highest BCUT2D eigenvalue weighted by atomic mass is 16.2. The monoisotopic (exact) mass is 543 g/mol. The summed E-state index contributed by atoms with van der Waals surface area (Å²) in [5, 5.41) is 4.63. The summed E-state index contributed by atoms with van der Waals surface area (Å²) in [6.07, 6.45) is 6.31. The molecule has 0 spiro atoms. The number of carbonyl (C=O) groups excluding carboxylic acids is 3. The van der Waals surface area contributed by atoms with Gasteiger partial charge in [0.25, 0.3) is 0 Å². The summed E-state index contributed by atoms with van der Waals surface area (Å²) in [5.74, 6) is -1.44. The van der Waals surface area contributed by atoms with Crippen LogP contribution in [0.1, 0.15) is 66.3 Å². The minimum absolute atomic E-state index is 0.0132. The van der Waals surface area contributed by atoms with Gasteiger partial charge in [-0.1, -0.05) is 86.0 Å². The maximum atomic E-state index is 14.4. The lowest BCUT2D eigenvalue weighted by atomic mass is 9.47. The van der Waals surface area contributed by atoms with E-state index in [0.717, 1.165) is 40.7 Å². The van der Waals surface area contributed by atoms with E-state index < -0.39 is 17.3 Å². The van der Waals surface area contributed by atoms with Crippen LogP contribution >= 0.6 is 0 Å². The van der Waals surface area contributed by atoms with Gasteiger partial charge in [-0.3, -0.25) is 14.4 Å². The first kappa shape index (κ1) is 24.7. The second-order valence-corrected chi connectivity index (χ2v) is 12.9. The van der Waals surface area contributed by atoms with Crippen LogP contribution in [0.3, 0.4) is 0 Å². The van der Waals surface area contributed by atoms with Gasteiger partial charge in [0.2, 0.25) is 17.7 Å². The number of anilines is 1. The molecule has 2 saturated carbocycles. The quantitative estimate of drug-likeness (QED) is 0.269. The molecular formula is C35H33N3O3. The van der Waals surface area contributed by atoms with Gasteiger partial charge in [-0.25, -0.2) is 10.3 Å². The molecule has 3 aromatic carbocycles. The normalized spacial score (nSPS) is 34.2. The summed E-state index contributed by atoms with van der Waals surface area (Å²) in [7, 11) is 0. The molecule has 3 amide bonds. The minimum atomic E-state index is -0.980. The fraction of sp³-hybridized carbons (Fsp3) is 0.371. The lowest BCUT2D eigenvalue weighted by molar-refractivity contribution is -0.124. The Labute approximate surface area is 239 Å². The van der Waals surface area contributed by atoms with Gasteiger partial charge in [0.1, 0.15) is 0 Å². The molecule has 41 heavy (non-hydrogen) atoms. The molecule has 0 aromatic heterocycles. The van der Waals surface area contributed by atoms with Crippen LogP contribution in [-0.4, -0.2) is 23.9 Å². The van der Waals surface area contributed by atoms with Crippen LogP contribution in [0.25, 0.3) is 0 Å². The lowest BCUT2D eigenvalue weighted by Crippen LogP contribution is -2.54. The highest BCUT2D eigenvalue weighted by molar-refractivity contribution is 6.25. The maximum absolute atomic E-state index is 14.4. The zero-order chi connectivity index (χ0) is 28.1. The molecule has 9 rings (SSSR count). The molecule has 5 aliphatic carbocycles. The number of hydrogen-bond donors (Lipinski definition) is 1. The van der Waals surface area contributed by atoms with Crippen LogP contribution in [-0.2, 0) is 19.8 Å². The number of hydrazone groups is 1. The minimum Gasteiger partial charge on any atom is -0.274 e. The molecule has 1 heterocycles. The third-order valence-corrected chi connectivity index (χ3v) is 11.0. The van der Waals surface area contributed by atoms with Crippen molar-refractivity contribution in [1.29, 1.82) is 0 Å². The van der Waals surface area contributed by atoms with E-state index in [4.69, 9.17) is 0 Å². The smallest absolute Gasteiger partial charge is 0.244 e. The third-order valence-electron chi connectivity index (χ3n) is 11.0. The maximum Gasteiger partial charge on any atom is 0.244 e. The van der Waals surface area contributed by atoms with Crippen molar-refractivity contribution >= 4 is 29.6 Å². The first-order valence-corrected chi connectivity index (χ1v) is 14.9. The summed E-state index contributed by atoms with van der Waals surface area (Å²) in [5.41, 5.74) is 7.72. The number of amides is 3. The Bertz CT molecular complexity index is 1610. The number of hydrogen-bond acceptors (Lipinski definition) is 4. The van der Waals surface area contributed by atoms with Crippen molar-refractivity contribution in [3.05, 3.63) is 101 Å². The van der Waals surface area contributed by atoms with Crippen molar-refractivity contribution in [3.8, 4) is 0 Å². The van der Waals surface area contributed by atoms with Crippen LogP contribution in [0, 0.1) is 36.0 Å². The Morgan fingerprint density at radius 2 is 1.59 bits per heavy atom. The molecule has 1 aliphatic heterocycles. The Hall–Kier alpha value is -4.06. The zero-order valence-electron chi connectivity index (χ0n) is 23.3. The molecule has 6 nitrogen and oxygen atoms in total. The zero-order valence-corrected chi connectivity index (χ0v) is 23.3. The molecule has 5 atom stereocenters. The number of fused-ring (bicyclic) bond motifs is 1. The second kappa shape index (κ2) is 8.48. The highest BCUT2D eigenvalue weighted by Crippen LogP contribution is 2.66. The molecule has 6 aliphatic rings. The van der Waals surface area contributed by atoms with Crippen molar-refractivity contribution in [3.63, 3.8) is 0 Å². The molecule has 0 unspecified atom stereocenters. The molecule has 0 radical (unpaired) electrons. The Morgan fingerprint density at radius 3 is 2.22 bits per heavy atom. The van der Waals surface area contributed by atoms with Gasteiger partial charge >= 0.3 is 0 Å². The van der Waals surface area contributed by atoms with Crippen molar-refractivity contribution < 1.29 is 14.4 Å². The Kier molecular flexibility index (Phi) is 5.11.